The predicted molar refractivity (Wildman–Crippen MR) is 74.6 cm³/mol. The summed E-state index contributed by atoms with van der Waals surface area (Å²) < 4.78 is 38.8. The fraction of sp³-hybridized carbons (Fsp3) is 0.385. The average Bonchev–Trinajstić information content (AvgIpc) is 2.38. The zero-order chi connectivity index (χ0) is 15.2. The third kappa shape index (κ3) is 4.56. The molecule has 0 aliphatic carbocycles. The Balaban J connectivity index is 3.00. The lowest BCUT2D eigenvalue weighted by Crippen LogP contribution is -2.26. The molecule has 0 heterocycles. The molecule has 0 aliphatic heterocycles. The summed E-state index contributed by atoms with van der Waals surface area (Å²) in [6.45, 7) is 3.46. The highest BCUT2D eigenvalue weighted by atomic mass is 32.2. The summed E-state index contributed by atoms with van der Waals surface area (Å²) in [5.41, 5.74) is -0.567. The Hall–Kier alpha value is -1.50. The number of amidine groups is 1. The smallest absolute Gasteiger partial charge is 0.358 e. The summed E-state index contributed by atoms with van der Waals surface area (Å²) in [4.78, 5) is 14.0. The van der Waals surface area contributed by atoms with Crippen LogP contribution in [-0.4, -0.2) is 17.3 Å². The second-order valence-electron chi connectivity index (χ2n) is 3.92. The van der Waals surface area contributed by atoms with Crippen LogP contribution in [0, 0.1) is 0 Å². The monoisotopic (exact) mass is 304 g/mol. The number of carbonyl (C=O) groups is 1. The number of alkyl halides is 3. The van der Waals surface area contributed by atoms with Crippen LogP contribution in [-0.2, 0) is 11.0 Å². The quantitative estimate of drug-likeness (QED) is 0.525. The van der Waals surface area contributed by atoms with E-state index in [9.17, 15) is 18.0 Å². The van der Waals surface area contributed by atoms with Crippen molar-refractivity contribution in [2.24, 2.45) is 4.99 Å². The molecule has 0 saturated carbocycles. The Bertz CT molecular complexity index is 489. The van der Waals surface area contributed by atoms with Crippen molar-refractivity contribution in [2.75, 3.05) is 5.75 Å². The van der Waals surface area contributed by atoms with E-state index < -0.39 is 17.8 Å². The van der Waals surface area contributed by atoms with Crippen LogP contribution in [0.4, 0.5) is 13.2 Å². The molecule has 1 atom stereocenters. The van der Waals surface area contributed by atoms with Crippen molar-refractivity contribution in [3.63, 3.8) is 0 Å². The van der Waals surface area contributed by atoms with E-state index in [1.54, 1.807) is 13.0 Å². The van der Waals surface area contributed by atoms with Crippen LogP contribution in [0.15, 0.2) is 29.3 Å². The van der Waals surface area contributed by atoms with Gasteiger partial charge in [-0.15, -0.1) is 0 Å². The van der Waals surface area contributed by atoms with E-state index in [2.05, 4.69) is 10.3 Å². The fourth-order valence-corrected chi connectivity index (χ4v) is 2.35. The minimum Gasteiger partial charge on any atom is -0.358 e. The van der Waals surface area contributed by atoms with E-state index in [0.717, 1.165) is 6.07 Å². The lowest BCUT2D eigenvalue weighted by Gasteiger charge is -2.20. The molecule has 0 saturated heterocycles. The third-order valence-corrected chi connectivity index (χ3v) is 3.31. The molecule has 1 amide bonds. The first kappa shape index (κ1) is 16.6. The minimum absolute atomic E-state index is 0.121. The molecule has 1 aromatic rings. The van der Waals surface area contributed by atoms with Gasteiger partial charge in [0, 0.05) is 0 Å². The summed E-state index contributed by atoms with van der Waals surface area (Å²) >= 11 is 1.26. The van der Waals surface area contributed by atoms with Gasteiger partial charge in [-0.3, -0.25) is 4.79 Å². The number of amides is 1. The van der Waals surface area contributed by atoms with Gasteiger partial charge >= 0.3 is 6.18 Å². The van der Waals surface area contributed by atoms with Gasteiger partial charge in [0.2, 0.25) is 6.41 Å². The highest BCUT2D eigenvalue weighted by molar-refractivity contribution is 8.13. The molecule has 1 rings (SSSR count). The Labute approximate surface area is 119 Å². The summed E-state index contributed by atoms with van der Waals surface area (Å²) in [5, 5.41) is 3.14. The van der Waals surface area contributed by atoms with Crippen molar-refractivity contribution in [3.05, 3.63) is 35.4 Å². The molecule has 0 aromatic heterocycles. The maximum absolute atomic E-state index is 12.9. The van der Waals surface area contributed by atoms with Gasteiger partial charge in [-0.1, -0.05) is 36.9 Å². The second kappa shape index (κ2) is 7.33. The van der Waals surface area contributed by atoms with Crippen LogP contribution in [0.2, 0.25) is 0 Å². The number of benzene rings is 1. The highest BCUT2D eigenvalue weighted by Gasteiger charge is 2.34. The van der Waals surface area contributed by atoms with Gasteiger partial charge in [0.15, 0.2) is 5.17 Å². The molecule has 1 N–H and O–H groups in total. The van der Waals surface area contributed by atoms with Crippen LogP contribution in [0.5, 0.6) is 0 Å². The van der Waals surface area contributed by atoms with Crippen LogP contribution in [0.1, 0.15) is 31.0 Å². The number of carbonyl (C=O) groups excluding carboxylic acids is 1. The normalized spacial score (nSPS) is 13.9. The van der Waals surface area contributed by atoms with Crippen LogP contribution in [0.3, 0.4) is 0 Å². The zero-order valence-electron chi connectivity index (χ0n) is 11.1. The van der Waals surface area contributed by atoms with Gasteiger partial charge < -0.3 is 5.32 Å². The second-order valence-corrected chi connectivity index (χ2v) is 5.18. The molecular weight excluding hydrogens is 289 g/mol. The van der Waals surface area contributed by atoms with Crippen LogP contribution in [0.25, 0.3) is 0 Å². The first-order valence-corrected chi connectivity index (χ1v) is 6.95. The lowest BCUT2D eigenvalue weighted by molar-refractivity contribution is -0.138. The average molecular weight is 304 g/mol. The molecule has 0 bridgehead atoms. The molecule has 0 unspecified atom stereocenters. The molecule has 0 aliphatic rings. The molecule has 0 fully saturated rings. The first-order valence-electron chi connectivity index (χ1n) is 5.97. The van der Waals surface area contributed by atoms with E-state index >= 15 is 0 Å². The summed E-state index contributed by atoms with van der Waals surface area (Å²) in [5.74, 6) is 0.660. The Kier molecular flexibility index (Phi) is 6.06. The van der Waals surface area contributed by atoms with Crippen molar-refractivity contribution in [2.45, 2.75) is 26.1 Å². The molecule has 110 valence electrons. The third-order valence-electron chi connectivity index (χ3n) is 2.52. The Morgan fingerprint density at radius 1 is 1.45 bits per heavy atom. The number of nitrogens with one attached hydrogen (secondary N) is 1. The number of thioether (sulfide) groups is 1. The largest absolute Gasteiger partial charge is 0.416 e. The van der Waals surface area contributed by atoms with Gasteiger partial charge in [0.1, 0.15) is 0 Å². The van der Waals surface area contributed by atoms with Crippen LogP contribution < -0.4 is 5.32 Å². The predicted octanol–water partition coefficient (Wildman–Crippen LogP) is 3.62. The molecule has 0 radical (unpaired) electrons. The number of hydrogen-bond donors (Lipinski definition) is 1. The maximum atomic E-state index is 12.9. The molecule has 3 nitrogen and oxygen atoms in total. The zero-order valence-corrected chi connectivity index (χ0v) is 11.9. The topological polar surface area (TPSA) is 41.5 Å². The fourth-order valence-electron chi connectivity index (χ4n) is 1.70. The van der Waals surface area contributed by atoms with E-state index in [4.69, 9.17) is 0 Å². The molecular formula is C13H15F3N2OS. The van der Waals surface area contributed by atoms with Crippen molar-refractivity contribution < 1.29 is 18.0 Å². The Morgan fingerprint density at radius 2 is 2.10 bits per heavy atom. The van der Waals surface area contributed by atoms with E-state index in [1.165, 1.54) is 23.9 Å². The summed E-state index contributed by atoms with van der Waals surface area (Å²) in [6, 6.07) is 4.74. The Morgan fingerprint density at radius 3 is 2.65 bits per heavy atom. The minimum atomic E-state index is -4.41. The van der Waals surface area contributed by atoms with Crippen molar-refractivity contribution in [1.82, 2.24) is 5.32 Å². The van der Waals surface area contributed by atoms with Gasteiger partial charge in [0.25, 0.3) is 0 Å². The number of aliphatic imine (C=N–C) groups is 1. The molecule has 20 heavy (non-hydrogen) atoms. The summed E-state index contributed by atoms with van der Waals surface area (Å²) in [7, 11) is 0. The standard InChI is InChI=1S/C13H15F3N2OS/c1-3-20-12(17-8-19)18-9(2)10-6-4-5-7-11(10)13(14,15)16/h4-9H,3H2,1-2H3,(H,17,18,19)/t9-/m0/s1. The van der Waals surface area contributed by atoms with Crippen molar-refractivity contribution in [3.8, 4) is 0 Å². The molecule has 1 aromatic carbocycles. The number of halogens is 3. The molecule has 0 spiro atoms. The van der Waals surface area contributed by atoms with Gasteiger partial charge in [-0.05, 0) is 24.3 Å². The number of hydrogen-bond acceptors (Lipinski definition) is 2. The SMILES string of the molecule is CCS/C(=N\C=O)N[C@@H](C)c1ccccc1C(F)(F)F. The lowest BCUT2D eigenvalue weighted by atomic mass is 10.0. The van der Waals surface area contributed by atoms with E-state index in [1.807, 2.05) is 6.92 Å². The summed E-state index contributed by atoms with van der Waals surface area (Å²) in [6.07, 6.45) is -4.04. The van der Waals surface area contributed by atoms with Crippen molar-refractivity contribution >= 4 is 23.3 Å². The number of rotatable bonds is 4. The number of nitrogens with zero attached hydrogens (tertiary/aromatic N) is 1. The molecule has 7 heteroatoms. The van der Waals surface area contributed by atoms with Gasteiger partial charge in [0.05, 0.1) is 11.6 Å². The van der Waals surface area contributed by atoms with Gasteiger partial charge in [-0.25, -0.2) is 0 Å². The van der Waals surface area contributed by atoms with Crippen molar-refractivity contribution in [1.29, 1.82) is 0 Å². The maximum Gasteiger partial charge on any atom is 0.416 e. The first-order chi connectivity index (χ1) is 9.40. The van der Waals surface area contributed by atoms with Crippen LogP contribution >= 0.6 is 11.8 Å². The highest BCUT2D eigenvalue weighted by Crippen LogP contribution is 2.34. The van der Waals surface area contributed by atoms with Gasteiger partial charge in [-0.2, -0.15) is 18.2 Å². The van der Waals surface area contributed by atoms with E-state index in [0.29, 0.717) is 17.3 Å². The van der Waals surface area contributed by atoms with E-state index in [-0.39, 0.29) is 5.56 Å².